The summed E-state index contributed by atoms with van der Waals surface area (Å²) in [5.74, 6) is -0.213. The zero-order valence-corrected chi connectivity index (χ0v) is 10.1. The molecule has 0 atom stereocenters. The van der Waals surface area contributed by atoms with Gasteiger partial charge in [-0.15, -0.1) is 0 Å². The van der Waals surface area contributed by atoms with Crippen LogP contribution in [0.4, 0.5) is 0 Å². The van der Waals surface area contributed by atoms with Gasteiger partial charge in [-0.05, 0) is 18.6 Å². The van der Waals surface area contributed by atoms with Crippen molar-refractivity contribution in [1.82, 2.24) is 4.98 Å². The summed E-state index contributed by atoms with van der Waals surface area (Å²) < 4.78 is 5.46. The third kappa shape index (κ3) is 2.25. The first-order chi connectivity index (χ1) is 8.63. The van der Waals surface area contributed by atoms with E-state index in [4.69, 9.17) is 4.74 Å². The number of unbranched alkanes of at least 4 members (excludes halogenated alkanes) is 1. The van der Waals surface area contributed by atoms with Crippen LogP contribution in [0.15, 0.2) is 23.0 Å². The summed E-state index contributed by atoms with van der Waals surface area (Å²) in [5, 5.41) is 19.7. The molecule has 0 fully saturated rings. The van der Waals surface area contributed by atoms with E-state index < -0.39 is 11.3 Å². The maximum absolute atomic E-state index is 11.5. The standard InChI is InChI=1S/C13H15NO4/c1-2-3-6-18-12-9-5-4-8(15)7-10(9)14-13(17)11(12)16/h4-5,7,15-16H,2-3,6H2,1H3,(H,14,17). The highest BCUT2D eigenvalue weighted by Crippen LogP contribution is 2.32. The van der Waals surface area contributed by atoms with E-state index in [1.165, 1.54) is 12.1 Å². The van der Waals surface area contributed by atoms with Crippen molar-refractivity contribution in [2.45, 2.75) is 19.8 Å². The lowest BCUT2D eigenvalue weighted by Gasteiger charge is -2.10. The van der Waals surface area contributed by atoms with Crippen LogP contribution in [0.25, 0.3) is 10.9 Å². The van der Waals surface area contributed by atoms with Crippen molar-refractivity contribution < 1.29 is 14.9 Å². The molecule has 0 radical (unpaired) electrons. The molecule has 96 valence electrons. The normalized spacial score (nSPS) is 10.7. The summed E-state index contributed by atoms with van der Waals surface area (Å²) in [6.45, 7) is 2.46. The Labute approximate surface area is 104 Å². The molecule has 2 rings (SSSR count). The summed E-state index contributed by atoms with van der Waals surface area (Å²) in [6, 6.07) is 4.50. The van der Waals surface area contributed by atoms with Gasteiger partial charge in [0.1, 0.15) is 5.75 Å². The number of ether oxygens (including phenoxy) is 1. The molecule has 2 aromatic rings. The molecule has 0 spiro atoms. The van der Waals surface area contributed by atoms with E-state index in [0.717, 1.165) is 12.8 Å². The van der Waals surface area contributed by atoms with Gasteiger partial charge in [0.15, 0.2) is 5.75 Å². The monoisotopic (exact) mass is 249 g/mol. The van der Waals surface area contributed by atoms with Crippen LogP contribution in [0.5, 0.6) is 17.2 Å². The first kappa shape index (κ1) is 12.3. The van der Waals surface area contributed by atoms with Gasteiger partial charge in [-0.2, -0.15) is 0 Å². The molecule has 0 unspecified atom stereocenters. The molecule has 5 heteroatoms. The van der Waals surface area contributed by atoms with Gasteiger partial charge in [0.25, 0.3) is 5.56 Å². The summed E-state index contributed by atoms with van der Waals surface area (Å²) in [4.78, 5) is 14.0. The third-order valence-corrected chi connectivity index (χ3v) is 2.67. The second-order valence-corrected chi connectivity index (χ2v) is 4.06. The smallest absolute Gasteiger partial charge is 0.294 e. The van der Waals surface area contributed by atoms with Crippen molar-refractivity contribution in [2.75, 3.05) is 6.61 Å². The summed E-state index contributed by atoms with van der Waals surface area (Å²) >= 11 is 0. The number of phenols is 1. The Kier molecular flexibility index (Phi) is 3.41. The van der Waals surface area contributed by atoms with Crippen LogP contribution in [0.1, 0.15) is 19.8 Å². The SMILES string of the molecule is CCCCOc1c(O)c(=O)[nH]c2cc(O)ccc12. The molecule has 0 aliphatic carbocycles. The van der Waals surface area contributed by atoms with Gasteiger partial charge >= 0.3 is 0 Å². The van der Waals surface area contributed by atoms with Crippen molar-refractivity contribution >= 4 is 10.9 Å². The maximum Gasteiger partial charge on any atom is 0.294 e. The average molecular weight is 249 g/mol. The fourth-order valence-electron chi connectivity index (χ4n) is 1.71. The van der Waals surface area contributed by atoms with E-state index in [1.54, 1.807) is 6.07 Å². The van der Waals surface area contributed by atoms with Crippen LogP contribution in [0, 0.1) is 0 Å². The number of hydrogen-bond donors (Lipinski definition) is 3. The predicted octanol–water partition coefficient (Wildman–Crippen LogP) is 2.12. The average Bonchev–Trinajstić information content (AvgIpc) is 2.34. The van der Waals surface area contributed by atoms with Crippen molar-refractivity contribution in [3.63, 3.8) is 0 Å². The fraction of sp³-hybridized carbons (Fsp3) is 0.308. The zero-order chi connectivity index (χ0) is 13.1. The lowest BCUT2D eigenvalue weighted by molar-refractivity contribution is 0.295. The molecule has 0 saturated heterocycles. The Morgan fingerprint density at radius 1 is 1.33 bits per heavy atom. The summed E-state index contributed by atoms with van der Waals surface area (Å²) in [5.41, 5.74) is -0.191. The molecular formula is C13H15NO4. The second kappa shape index (κ2) is 5.00. The van der Waals surface area contributed by atoms with Gasteiger partial charge in [-0.3, -0.25) is 4.79 Å². The molecule has 0 aliphatic heterocycles. The van der Waals surface area contributed by atoms with Crippen LogP contribution in [-0.2, 0) is 0 Å². The van der Waals surface area contributed by atoms with Crippen LogP contribution < -0.4 is 10.3 Å². The molecule has 1 aromatic carbocycles. The number of pyridine rings is 1. The number of H-pyrrole nitrogens is 1. The molecule has 5 nitrogen and oxygen atoms in total. The molecular weight excluding hydrogens is 234 g/mol. The number of aromatic hydroxyl groups is 2. The fourth-order valence-corrected chi connectivity index (χ4v) is 1.71. The lowest BCUT2D eigenvalue weighted by atomic mass is 10.2. The molecule has 0 saturated carbocycles. The molecule has 0 amide bonds. The molecule has 1 heterocycles. The van der Waals surface area contributed by atoms with Crippen LogP contribution >= 0.6 is 0 Å². The van der Waals surface area contributed by atoms with Crippen molar-refractivity contribution in [1.29, 1.82) is 0 Å². The highest BCUT2D eigenvalue weighted by molar-refractivity contribution is 5.88. The molecule has 1 aromatic heterocycles. The van der Waals surface area contributed by atoms with E-state index in [0.29, 0.717) is 17.5 Å². The Balaban J connectivity index is 2.54. The number of hydrogen-bond acceptors (Lipinski definition) is 4. The molecule has 18 heavy (non-hydrogen) atoms. The summed E-state index contributed by atoms with van der Waals surface area (Å²) in [6.07, 6.45) is 1.80. The van der Waals surface area contributed by atoms with Crippen molar-refractivity contribution in [3.05, 3.63) is 28.6 Å². The summed E-state index contributed by atoms with van der Waals surface area (Å²) in [7, 11) is 0. The van der Waals surface area contributed by atoms with E-state index in [-0.39, 0.29) is 11.5 Å². The van der Waals surface area contributed by atoms with Gasteiger partial charge in [0.05, 0.1) is 12.1 Å². The number of aromatic amines is 1. The van der Waals surface area contributed by atoms with E-state index >= 15 is 0 Å². The highest BCUT2D eigenvalue weighted by atomic mass is 16.5. The topological polar surface area (TPSA) is 82.5 Å². The Morgan fingerprint density at radius 3 is 2.83 bits per heavy atom. The highest BCUT2D eigenvalue weighted by Gasteiger charge is 2.13. The van der Waals surface area contributed by atoms with E-state index in [9.17, 15) is 15.0 Å². The first-order valence-electron chi connectivity index (χ1n) is 5.84. The van der Waals surface area contributed by atoms with Crippen molar-refractivity contribution in [3.8, 4) is 17.2 Å². The van der Waals surface area contributed by atoms with Gasteiger partial charge in [0, 0.05) is 11.5 Å². The quantitative estimate of drug-likeness (QED) is 0.725. The Bertz CT molecular complexity index is 618. The number of nitrogens with one attached hydrogen (secondary N) is 1. The first-order valence-corrected chi connectivity index (χ1v) is 5.84. The number of fused-ring (bicyclic) bond motifs is 1. The van der Waals surface area contributed by atoms with Gasteiger partial charge in [0.2, 0.25) is 5.75 Å². The number of aromatic nitrogens is 1. The van der Waals surface area contributed by atoms with Gasteiger partial charge in [-0.25, -0.2) is 0 Å². The van der Waals surface area contributed by atoms with E-state index in [1.807, 2.05) is 6.92 Å². The lowest BCUT2D eigenvalue weighted by Crippen LogP contribution is -2.08. The predicted molar refractivity (Wildman–Crippen MR) is 68.3 cm³/mol. The van der Waals surface area contributed by atoms with E-state index in [2.05, 4.69) is 4.98 Å². The van der Waals surface area contributed by atoms with Crippen molar-refractivity contribution in [2.24, 2.45) is 0 Å². The largest absolute Gasteiger partial charge is 0.508 e. The maximum atomic E-state index is 11.5. The minimum Gasteiger partial charge on any atom is -0.508 e. The Morgan fingerprint density at radius 2 is 2.11 bits per heavy atom. The molecule has 3 N–H and O–H groups in total. The number of rotatable bonds is 4. The second-order valence-electron chi connectivity index (χ2n) is 4.06. The third-order valence-electron chi connectivity index (χ3n) is 2.67. The minimum atomic E-state index is -0.625. The van der Waals surface area contributed by atoms with Crippen LogP contribution in [-0.4, -0.2) is 21.8 Å². The zero-order valence-electron chi connectivity index (χ0n) is 10.1. The van der Waals surface area contributed by atoms with Gasteiger partial charge in [-0.1, -0.05) is 13.3 Å². The Hall–Kier alpha value is -2.17. The van der Waals surface area contributed by atoms with Gasteiger partial charge < -0.3 is 19.9 Å². The number of phenolic OH excluding ortho intramolecular Hbond substituents is 1. The molecule has 0 bridgehead atoms. The van der Waals surface area contributed by atoms with Crippen LogP contribution in [0.2, 0.25) is 0 Å². The number of benzene rings is 1. The molecule has 0 aliphatic rings. The minimum absolute atomic E-state index is 0.0448. The van der Waals surface area contributed by atoms with Crippen LogP contribution in [0.3, 0.4) is 0 Å².